The zero-order valence-electron chi connectivity index (χ0n) is 14.2. The van der Waals surface area contributed by atoms with Gasteiger partial charge in [-0.1, -0.05) is 29.8 Å². The molecule has 2 N–H and O–H groups in total. The quantitative estimate of drug-likeness (QED) is 0.442. The summed E-state index contributed by atoms with van der Waals surface area (Å²) >= 11 is 11.0. The Kier molecular flexibility index (Phi) is 5.72. The molecule has 7 nitrogen and oxygen atoms in total. The molecule has 0 unspecified atom stereocenters. The van der Waals surface area contributed by atoms with E-state index >= 15 is 0 Å². The molecule has 0 spiro atoms. The molecule has 0 aromatic heterocycles. The second-order valence-electron chi connectivity index (χ2n) is 5.65. The fourth-order valence-electron chi connectivity index (χ4n) is 2.51. The highest BCUT2D eigenvalue weighted by atomic mass is 35.5. The predicted molar refractivity (Wildman–Crippen MR) is 107 cm³/mol. The summed E-state index contributed by atoms with van der Waals surface area (Å²) in [6, 6.07) is 12.9. The van der Waals surface area contributed by atoms with Crippen molar-refractivity contribution in [2.24, 2.45) is 0 Å². The second kappa shape index (κ2) is 8.20. The molecule has 2 amide bonds. The van der Waals surface area contributed by atoms with Crippen LogP contribution in [-0.4, -0.2) is 34.6 Å². The zero-order chi connectivity index (χ0) is 20.3. The number of amides is 2. The van der Waals surface area contributed by atoms with Crippen molar-refractivity contribution in [2.45, 2.75) is 0 Å². The summed E-state index contributed by atoms with van der Waals surface area (Å²) in [5.41, 5.74) is 0.654. The molecule has 2 aromatic carbocycles. The van der Waals surface area contributed by atoms with Gasteiger partial charge in [-0.05, 0) is 48.6 Å². The molecule has 1 aliphatic rings. The van der Waals surface area contributed by atoms with Crippen molar-refractivity contribution in [1.82, 2.24) is 5.32 Å². The number of carboxylic acids is 1. The van der Waals surface area contributed by atoms with E-state index in [2.05, 4.69) is 5.32 Å². The molecule has 1 heterocycles. The van der Waals surface area contributed by atoms with Crippen LogP contribution in [0.25, 0.3) is 6.08 Å². The first kappa shape index (κ1) is 19.5. The van der Waals surface area contributed by atoms with Crippen molar-refractivity contribution in [1.29, 1.82) is 0 Å². The average molecular weight is 417 g/mol. The van der Waals surface area contributed by atoms with Gasteiger partial charge in [0.1, 0.15) is 11.3 Å². The van der Waals surface area contributed by atoms with E-state index in [-0.39, 0.29) is 16.4 Å². The van der Waals surface area contributed by atoms with Gasteiger partial charge < -0.3 is 9.84 Å². The number of halogens is 1. The maximum atomic E-state index is 13.0. The summed E-state index contributed by atoms with van der Waals surface area (Å²) in [4.78, 5) is 37.2. The number of benzene rings is 2. The molecule has 3 rings (SSSR count). The van der Waals surface area contributed by atoms with Crippen molar-refractivity contribution in [3.63, 3.8) is 0 Å². The van der Waals surface area contributed by atoms with Gasteiger partial charge in [-0.3, -0.25) is 19.8 Å². The van der Waals surface area contributed by atoms with Crippen molar-refractivity contribution < 1.29 is 24.2 Å². The lowest BCUT2D eigenvalue weighted by Crippen LogP contribution is -2.54. The van der Waals surface area contributed by atoms with Gasteiger partial charge in [0.15, 0.2) is 11.7 Å². The molecular formula is C19H13ClN2O5S. The van der Waals surface area contributed by atoms with E-state index < -0.39 is 24.4 Å². The van der Waals surface area contributed by atoms with Crippen molar-refractivity contribution in [3.8, 4) is 5.75 Å². The Balaban J connectivity index is 1.98. The van der Waals surface area contributed by atoms with Gasteiger partial charge in [-0.2, -0.15) is 0 Å². The highest BCUT2D eigenvalue weighted by molar-refractivity contribution is 7.80. The first-order chi connectivity index (χ1) is 13.4. The maximum absolute atomic E-state index is 13.0. The van der Waals surface area contributed by atoms with Gasteiger partial charge in [-0.15, -0.1) is 0 Å². The largest absolute Gasteiger partial charge is 0.481 e. The van der Waals surface area contributed by atoms with Crippen LogP contribution in [0.2, 0.25) is 5.02 Å². The van der Waals surface area contributed by atoms with Crippen molar-refractivity contribution >= 4 is 58.5 Å². The number of nitrogens with zero attached hydrogens (tertiary/aromatic N) is 1. The highest BCUT2D eigenvalue weighted by Gasteiger charge is 2.34. The summed E-state index contributed by atoms with van der Waals surface area (Å²) in [6.07, 6.45) is 1.33. The van der Waals surface area contributed by atoms with Gasteiger partial charge in [0.2, 0.25) is 0 Å². The zero-order valence-corrected chi connectivity index (χ0v) is 15.8. The number of anilines is 1. The minimum absolute atomic E-state index is 0.0510. The first-order valence-electron chi connectivity index (χ1n) is 7.97. The van der Waals surface area contributed by atoms with Crippen LogP contribution < -0.4 is 15.0 Å². The number of ether oxygens (including phenoxy) is 1. The van der Waals surface area contributed by atoms with E-state index in [0.717, 1.165) is 0 Å². The third-order valence-corrected chi connectivity index (χ3v) is 4.29. The standard InChI is InChI=1S/C19H13ClN2O5S/c20-12-5-7-13(8-6-12)22-18(26)14(17(25)21-19(22)28)9-11-3-1-2-4-15(11)27-10-16(23)24/h1-9H,10H2,(H,23,24)(H,21,25,28)/b14-9-. The summed E-state index contributed by atoms with van der Waals surface area (Å²) < 4.78 is 5.22. The molecule has 9 heteroatoms. The van der Waals surface area contributed by atoms with Gasteiger partial charge in [-0.25, -0.2) is 4.79 Å². The van der Waals surface area contributed by atoms with Crippen LogP contribution in [0.5, 0.6) is 5.75 Å². The smallest absolute Gasteiger partial charge is 0.341 e. The van der Waals surface area contributed by atoms with E-state index in [0.29, 0.717) is 16.3 Å². The SMILES string of the molecule is O=C(O)COc1ccccc1/C=C1/C(=O)NC(=S)N(c2ccc(Cl)cc2)C1=O. The molecule has 1 fully saturated rings. The lowest BCUT2D eigenvalue weighted by atomic mass is 10.1. The van der Waals surface area contributed by atoms with Gasteiger partial charge in [0.25, 0.3) is 11.8 Å². The molecule has 1 saturated heterocycles. The highest BCUT2D eigenvalue weighted by Crippen LogP contribution is 2.26. The molecule has 0 saturated carbocycles. The van der Waals surface area contributed by atoms with Crippen LogP contribution in [0.1, 0.15) is 5.56 Å². The van der Waals surface area contributed by atoms with Crippen LogP contribution >= 0.6 is 23.8 Å². The molecule has 1 aliphatic heterocycles. The summed E-state index contributed by atoms with van der Waals surface area (Å²) in [7, 11) is 0. The molecule has 0 radical (unpaired) electrons. The van der Waals surface area contributed by atoms with Crippen LogP contribution in [0.3, 0.4) is 0 Å². The minimum Gasteiger partial charge on any atom is -0.481 e. The number of hydrogen-bond donors (Lipinski definition) is 2. The predicted octanol–water partition coefficient (Wildman–Crippen LogP) is 2.63. The third-order valence-electron chi connectivity index (χ3n) is 3.76. The topological polar surface area (TPSA) is 95.9 Å². The number of para-hydroxylation sites is 1. The lowest BCUT2D eigenvalue weighted by molar-refractivity contribution is -0.139. The Morgan fingerprint density at radius 3 is 2.54 bits per heavy atom. The number of thiocarbonyl (C=S) groups is 1. The van der Waals surface area contributed by atoms with E-state index in [1.165, 1.54) is 11.0 Å². The molecule has 0 atom stereocenters. The second-order valence-corrected chi connectivity index (χ2v) is 6.48. The maximum Gasteiger partial charge on any atom is 0.341 e. The fraction of sp³-hybridized carbons (Fsp3) is 0.0526. The Bertz CT molecular complexity index is 1000. The van der Waals surface area contributed by atoms with Gasteiger partial charge >= 0.3 is 5.97 Å². The van der Waals surface area contributed by atoms with Crippen molar-refractivity contribution in [3.05, 3.63) is 64.7 Å². The lowest BCUT2D eigenvalue weighted by Gasteiger charge is -2.29. The van der Waals surface area contributed by atoms with E-state index in [4.69, 9.17) is 33.7 Å². The van der Waals surface area contributed by atoms with Crippen LogP contribution in [-0.2, 0) is 14.4 Å². The number of carboxylic acid groups (broad SMARTS) is 1. The normalized spacial score (nSPS) is 15.5. The number of aliphatic carboxylic acids is 1. The molecular weight excluding hydrogens is 404 g/mol. The Hall–Kier alpha value is -3.23. The Morgan fingerprint density at radius 2 is 1.86 bits per heavy atom. The third kappa shape index (κ3) is 4.19. The number of rotatable bonds is 5. The molecule has 0 aliphatic carbocycles. The number of hydrogen-bond acceptors (Lipinski definition) is 5. The molecule has 142 valence electrons. The monoisotopic (exact) mass is 416 g/mol. The number of nitrogens with one attached hydrogen (secondary N) is 1. The van der Waals surface area contributed by atoms with Crippen LogP contribution in [0.4, 0.5) is 5.69 Å². The summed E-state index contributed by atoms with van der Waals surface area (Å²) in [5, 5.41) is 11.7. The fourth-order valence-corrected chi connectivity index (χ4v) is 2.92. The molecule has 2 aromatic rings. The Morgan fingerprint density at radius 1 is 1.18 bits per heavy atom. The minimum atomic E-state index is -1.15. The first-order valence-corrected chi connectivity index (χ1v) is 8.76. The molecule has 0 bridgehead atoms. The van der Waals surface area contributed by atoms with E-state index in [9.17, 15) is 14.4 Å². The number of carbonyl (C=O) groups excluding carboxylic acids is 2. The van der Waals surface area contributed by atoms with E-state index in [1.807, 2.05) is 0 Å². The summed E-state index contributed by atoms with van der Waals surface area (Å²) in [6.45, 7) is -0.554. The number of carbonyl (C=O) groups is 3. The summed E-state index contributed by atoms with van der Waals surface area (Å²) in [5.74, 6) is -2.20. The van der Waals surface area contributed by atoms with Crippen molar-refractivity contribution in [2.75, 3.05) is 11.5 Å². The Labute approximate surface area is 170 Å². The van der Waals surface area contributed by atoms with Gasteiger partial charge in [0, 0.05) is 10.6 Å². The van der Waals surface area contributed by atoms with Crippen LogP contribution in [0.15, 0.2) is 54.1 Å². The average Bonchev–Trinajstić information content (AvgIpc) is 2.65. The molecule has 28 heavy (non-hydrogen) atoms. The van der Waals surface area contributed by atoms with Gasteiger partial charge in [0.05, 0.1) is 5.69 Å². The van der Waals surface area contributed by atoms with E-state index in [1.54, 1.807) is 48.5 Å². The van der Waals surface area contributed by atoms with Crippen LogP contribution in [0, 0.1) is 0 Å².